The number of hydrogen-bond donors (Lipinski definition) is 2. The van der Waals surface area contributed by atoms with Gasteiger partial charge in [-0.25, -0.2) is 8.78 Å². The molecule has 0 aliphatic heterocycles. The zero-order valence-corrected chi connectivity index (χ0v) is 13.0. The molecule has 0 bridgehead atoms. The minimum atomic E-state index is -0.425. The molecular formula is C16H16F2N2OS. The Bertz CT molecular complexity index is 662. The fourth-order valence-corrected chi connectivity index (χ4v) is 2.23. The van der Waals surface area contributed by atoms with Crippen molar-refractivity contribution in [3.8, 4) is 5.75 Å². The van der Waals surface area contributed by atoms with Crippen LogP contribution in [-0.4, -0.2) is 12.2 Å². The van der Waals surface area contributed by atoms with E-state index in [1.165, 1.54) is 25.3 Å². The first-order valence-electron chi connectivity index (χ1n) is 6.66. The van der Waals surface area contributed by atoms with Gasteiger partial charge in [-0.1, -0.05) is 6.07 Å². The Morgan fingerprint density at radius 3 is 2.41 bits per heavy atom. The van der Waals surface area contributed by atoms with Crippen LogP contribution in [-0.2, 0) is 0 Å². The first-order chi connectivity index (χ1) is 10.5. The fraction of sp³-hybridized carbons (Fsp3) is 0.188. The summed E-state index contributed by atoms with van der Waals surface area (Å²) in [5, 5.41) is 6.36. The molecule has 116 valence electrons. The molecule has 2 rings (SSSR count). The highest BCUT2D eigenvalue weighted by Crippen LogP contribution is 2.21. The molecule has 0 radical (unpaired) electrons. The maximum absolute atomic E-state index is 13.7. The summed E-state index contributed by atoms with van der Waals surface area (Å²) in [6.07, 6.45) is 0. The van der Waals surface area contributed by atoms with Crippen molar-refractivity contribution in [1.82, 2.24) is 5.32 Å². The van der Waals surface area contributed by atoms with Crippen molar-refractivity contribution < 1.29 is 13.5 Å². The Balaban J connectivity index is 1.98. The van der Waals surface area contributed by atoms with E-state index in [4.69, 9.17) is 17.0 Å². The van der Waals surface area contributed by atoms with Crippen LogP contribution in [0.4, 0.5) is 14.5 Å². The van der Waals surface area contributed by atoms with Crippen LogP contribution >= 0.6 is 12.2 Å². The lowest BCUT2D eigenvalue weighted by atomic mass is 10.1. The topological polar surface area (TPSA) is 33.3 Å². The van der Waals surface area contributed by atoms with Crippen LogP contribution in [0.25, 0.3) is 0 Å². The van der Waals surface area contributed by atoms with Gasteiger partial charge in [0.15, 0.2) is 16.7 Å². The predicted molar refractivity (Wildman–Crippen MR) is 87.1 cm³/mol. The Labute approximate surface area is 133 Å². The molecular weight excluding hydrogens is 306 g/mol. The van der Waals surface area contributed by atoms with Gasteiger partial charge in [0.2, 0.25) is 0 Å². The van der Waals surface area contributed by atoms with Crippen LogP contribution in [0.1, 0.15) is 18.5 Å². The molecule has 2 N–H and O–H groups in total. The van der Waals surface area contributed by atoms with Gasteiger partial charge in [0.05, 0.1) is 13.2 Å². The minimum absolute atomic E-state index is 0.194. The lowest BCUT2D eigenvalue weighted by molar-refractivity contribution is 0.386. The summed E-state index contributed by atoms with van der Waals surface area (Å²) < 4.78 is 31.4. The molecule has 0 unspecified atom stereocenters. The molecule has 2 aromatic carbocycles. The second kappa shape index (κ2) is 7.17. The molecule has 0 aliphatic rings. The second-order valence-corrected chi connectivity index (χ2v) is 5.13. The van der Waals surface area contributed by atoms with Crippen LogP contribution in [0.2, 0.25) is 0 Å². The van der Waals surface area contributed by atoms with Crippen molar-refractivity contribution in [2.75, 3.05) is 12.4 Å². The van der Waals surface area contributed by atoms with E-state index in [-0.39, 0.29) is 17.6 Å². The first kappa shape index (κ1) is 16.2. The number of ether oxygens (including phenoxy) is 1. The number of methoxy groups -OCH3 is 1. The molecule has 0 saturated heterocycles. The summed E-state index contributed by atoms with van der Waals surface area (Å²) >= 11 is 5.19. The molecule has 0 amide bonds. The maximum Gasteiger partial charge on any atom is 0.171 e. The van der Waals surface area contributed by atoms with Gasteiger partial charge in [-0.15, -0.1) is 0 Å². The first-order valence-corrected chi connectivity index (χ1v) is 7.07. The standard InChI is InChI=1S/C16H16F2N2OS/c1-10(11-3-8-15(21-2)14(18)9-11)19-16(22)20-13-6-4-12(17)5-7-13/h3-10H,1-2H3,(H2,19,20,22)/t10-/m0/s1. The number of nitrogens with one attached hydrogen (secondary N) is 2. The van der Waals surface area contributed by atoms with Crippen molar-refractivity contribution in [3.05, 3.63) is 59.7 Å². The van der Waals surface area contributed by atoms with Gasteiger partial charge in [-0.3, -0.25) is 0 Å². The molecule has 0 aromatic heterocycles. The van der Waals surface area contributed by atoms with Gasteiger partial charge < -0.3 is 15.4 Å². The van der Waals surface area contributed by atoms with E-state index in [0.29, 0.717) is 10.8 Å². The van der Waals surface area contributed by atoms with Crippen molar-refractivity contribution in [2.24, 2.45) is 0 Å². The van der Waals surface area contributed by atoms with Gasteiger partial charge in [0, 0.05) is 5.69 Å². The summed E-state index contributed by atoms with van der Waals surface area (Å²) in [6, 6.07) is 10.4. The van der Waals surface area contributed by atoms with Crippen molar-refractivity contribution >= 4 is 23.0 Å². The average Bonchev–Trinajstić information content (AvgIpc) is 2.49. The number of anilines is 1. The van der Waals surface area contributed by atoms with E-state index in [1.54, 1.807) is 24.3 Å². The average molecular weight is 322 g/mol. The summed E-state index contributed by atoms with van der Waals surface area (Å²) in [5.74, 6) is -0.541. The van der Waals surface area contributed by atoms with Gasteiger partial charge in [0.1, 0.15) is 5.82 Å². The maximum atomic E-state index is 13.7. The van der Waals surface area contributed by atoms with E-state index >= 15 is 0 Å². The molecule has 3 nitrogen and oxygen atoms in total. The van der Waals surface area contributed by atoms with Gasteiger partial charge in [0.25, 0.3) is 0 Å². The summed E-state index contributed by atoms with van der Waals surface area (Å²) in [6.45, 7) is 1.86. The zero-order valence-electron chi connectivity index (χ0n) is 12.2. The lowest BCUT2D eigenvalue weighted by Crippen LogP contribution is -2.30. The molecule has 22 heavy (non-hydrogen) atoms. The van der Waals surface area contributed by atoms with Gasteiger partial charge >= 0.3 is 0 Å². The van der Waals surface area contributed by atoms with Crippen LogP contribution in [0.3, 0.4) is 0 Å². The highest BCUT2D eigenvalue weighted by Gasteiger charge is 2.10. The highest BCUT2D eigenvalue weighted by atomic mass is 32.1. The fourth-order valence-electron chi connectivity index (χ4n) is 1.93. The van der Waals surface area contributed by atoms with Crippen molar-refractivity contribution in [2.45, 2.75) is 13.0 Å². The zero-order chi connectivity index (χ0) is 16.1. The number of rotatable bonds is 4. The van der Waals surface area contributed by atoms with Crippen molar-refractivity contribution in [3.63, 3.8) is 0 Å². The van der Waals surface area contributed by atoms with Gasteiger partial charge in [-0.2, -0.15) is 0 Å². The molecule has 0 spiro atoms. The molecule has 1 atom stereocenters. The summed E-state index contributed by atoms with van der Waals surface area (Å²) in [4.78, 5) is 0. The van der Waals surface area contributed by atoms with Gasteiger partial charge in [-0.05, 0) is 61.1 Å². The number of hydrogen-bond acceptors (Lipinski definition) is 2. The number of thiocarbonyl (C=S) groups is 1. The quantitative estimate of drug-likeness (QED) is 0.833. The van der Waals surface area contributed by atoms with E-state index in [9.17, 15) is 8.78 Å². The smallest absolute Gasteiger partial charge is 0.171 e. The van der Waals surface area contributed by atoms with Crippen molar-refractivity contribution in [1.29, 1.82) is 0 Å². The Morgan fingerprint density at radius 2 is 1.82 bits per heavy atom. The van der Waals surface area contributed by atoms with E-state index < -0.39 is 5.82 Å². The van der Waals surface area contributed by atoms with Crippen LogP contribution in [0, 0.1) is 11.6 Å². The molecule has 2 aromatic rings. The number of benzene rings is 2. The molecule has 6 heteroatoms. The third kappa shape index (κ3) is 4.14. The summed E-state index contributed by atoms with van der Waals surface area (Å²) in [7, 11) is 1.42. The molecule has 0 saturated carbocycles. The van der Waals surface area contributed by atoms with E-state index in [2.05, 4.69) is 10.6 Å². The SMILES string of the molecule is COc1ccc([C@H](C)NC(=S)Nc2ccc(F)cc2)cc1F. The molecule has 0 aliphatic carbocycles. The molecule has 0 heterocycles. The largest absolute Gasteiger partial charge is 0.494 e. The van der Waals surface area contributed by atoms with E-state index in [1.807, 2.05) is 6.92 Å². The monoisotopic (exact) mass is 322 g/mol. The lowest BCUT2D eigenvalue weighted by Gasteiger charge is -2.18. The number of halogens is 2. The summed E-state index contributed by atoms with van der Waals surface area (Å²) in [5.41, 5.74) is 1.41. The Morgan fingerprint density at radius 1 is 1.14 bits per heavy atom. The normalized spacial score (nSPS) is 11.6. The minimum Gasteiger partial charge on any atom is -0.494 e. The Hall–Kier alpha value is -2.21. The second-order valence-electron chi connectivity index (χ2n) is 4.72. The third-order valence-electron chi connectivity index (χ3n) is 3.13. The highest BCUT2D eigenvalue weighted by molar-refractivity contribution is 7.80. The Kier molecular flexibility index (Phi) is 5.27. The third-order valence-corrected chi connectivity index (χ3v) is 3.35. The van der Waals surface area contributed by atoms with Crippen LogP contribution < -0.4 is 15.4 Å². The van der Waals surface area contributed by atoms with Crippen LogP contribution in [0.5, 0.6) is 5.75 Å². The van der Waals surface area contributed by atoms with E-state index in [0.717, 1.165) is 5.56 Å². The predicted octanol–water partition coefficient (Wildman–Crippen LogP) is 4.02. The molecule has 0 fully saturated rings. The van der Waals surface area contributed by atoms with Crippen LogP contribution in [0.15, 0.2) is 42.5 Å².